The number of hydrazine groups is 1. The minimum atomic E-state index is -0.387. The molecule has 2 amide bonds. The number of amides is 2. The van der Waals surface area contributed by atoms with Crippen LogP contribution < -0.4 is 10.9 Å². The van der Waals surface area contributed by atoms with Gasteiger partial charge in [-0.25, -0.2) is 0 Å². The number of hydrogen-bond donors (Lipinski definition) is 2. The Balaban J connectivity index is 1.51. The molecule has 4 rings (SSSR count). The molecule has 0 spiro atoms. The van der Waals surface area contributed by atoms with Crippen molar-refractivity contribution in [2.75, 3.05) is 5.75 Å². The average molecular weight is 478 g/mol. The van der Waals surface area contributed by atoms with Gasteiger partial charge in [0, 0.05) is 21.8 Å². The number of halogens is 1. The molecule has 2 N–H and O–H groups in total. The SMILES string of the molecule is Cc1cccc(-n2c(SCC(=O)NNC(=O)c3ccccc3)nnc2-c2ccc(Cl)cc2)c1. The van der Waals surface area contributed by atoms with Crippen LogP contribution in [0.4, 0.5) is 0 Å². The molecule has 0 aliphatic carbocycles. The lowest BCUT2D eigenvalue weighted by molar-refractivity contribution is -0.119. The molecular weight excluding hydrogens is 458 g/mol. The molecule has 1 aromatic heterocycles. The molecule has 0 saturated carbocycles. The number of thioether (sulfide) groups is 1. The smallest absolute Gasteiger partial charge is 0.269 e. The predicted octanol–water partition coefficient (Wildman–Crippen LogP) is 4.45. The first-order valence-corrected chi connectivity index (χ1v) is 11.4. The third-order valence-electron chi connectivity index (χ3n) is 4.68. The van der Waals surface area contributed by atoms with Crippen molar-refractivity contribution in [3.8, 4) is 17.1 Å². The zero-order valence-corrected chi connectivity index (χ0v) is 19.2. The van der Waals surface area contributed by atoms with Crippen LogP contribution in [0, 0.1) is 6.92 Å². The minimum absolute atomic E-state index is 0.0413. The van der Waals surface area contributed by atoms with Crippen molar-refractivity contribution in [1.82, 2.24) is 25.6 Å². The van der Waals surface area contributed by atoms with Gasteiger partial charge >= 0.3 is 0 Å². The monoisotopic (exact) mass is 477 g/mol. The van der Waals surface area contributed by atoms with E-state index in [2.05, 4.69) is 21.0 Å². The van der Waals surface area contributed by atoms with Crippen molar-refractivity contribution < 1.29 is 9.59 Å². The van der Waals surface area contributed by atoms with Gasteiger partial charge in [0.1, 0.15) is 0 Å². The Morgan fingerprint density at radius 1 is 0.939 bits per heavy atom. The Labute approximate surface area is 200 Å². The van der Waals surface area contributed by atoms with Crippen molar-refractivity contribution >= 4 is 35.2 Å². The summed E-state index contributed by atoms with van der Waals surface area (Å²) in [7, 11) is 0. The highest BCUT2D eigenvalue weighted by Gasteiger charge is 2.18. The maximum absolute atomic E-state index is 12.3. The summed E-state index contributed by atoms with van der Waals surface area (Å²) in [5.41, 5.74) is 8.12. The highest BCUT2D eigenvalue weighted by Crippen LogP contribution is 2.29. The number of nitrogens with one attached hydrogen (secondary N) is 2. The van der Waals surface area contributed by atoms with Gasteiger partial charge in [0.05, 0.1) is 5.75 Å². The van der Waals surface area contributed by atoms with E-state index in [1.807, 2.05) is 54.0 Å². The Morgan fingerprint density at radius 3 is 2.42 bits per heavy atom. The summed E-state index contributed by atoms with van der Waals surface area (Å²) in [6.45, 7) is 2.01. The number of aryl methyl sites for hydroxylation is 1. The normalized spacial score (nSPS) is 10.6. The fraction of sp³-hybridized carbons (Fsp3) is 0.0833. The van der Waals surface area contributed by atoms with Crippen molar-refractivity contribution in [1.29, 1.82) is 0 Å². The Bertz CT molecular complexity index is 1280. The highest BCUT2D eigenvalue weighted by atomic mass is 35.5. The first-order chi connectivity index (χ1) is 16.0. The van der Waals surface area contributed by atoms with Crippen LogP contribution in [-0.2, 0) is 4.79 Å². The largest absolute Gasteiger partial charge is 0.272 e. The first-order valence-electron chi connectivity index (χ1n) is 10.1. The van der Waals surface area contributed by atoms with Crippen molar-refractivity contribution in [3.05, 3.63) is 95.0 Å². The second-order valence-corrected chi connectivity index (χ2v) is 8.52. The average Bonchev–Trinajstić information content (AvgIpc) is 3.26. The van der Waals surface area contributed by atoms with E-state index in [4.69, 9.17) is 11.6 Å². The van der Waals surface area contributed by atoms with E-state index in [-0.39, 0.29) is 17.6 Å². The number of rotatable bonds is 6. The maximum Gasteiger partial charge on any atom is 0.269 e. The fourth-order valence-corrected chi connectivity index (χ4v) is 3.98. The van der Waals surface area contributed by atoms with Crippen molar-refractivity contribution in [3.63, 3.8) is 0 Å². The van der Waals surface area contributed by atoms with Crippen LogP contribution in [-0.4, -0.2) is 32.3 Å². The molecule has 0 unspecified atom stereocenters. The summed E-state index contributed by atoms with van der Waals surface area (Å²) in [4.78, 5) is 24.5. The summed E-state index contributed by atoms with van der Waals surface area (Å²) in [6, 6.07) is 23.9. The Morgan fingerprint density at radius 2 is 1.70 bits per heavy atom. The molecule has 9 heteroatoms. The van der Waals surface area contributed by atoms with Gasteiger partial charge in [-0.2, -0.15) is 0 Å². The first kappa shape index (κ1) is 22.6. The van der Waals surface area contributed by atoms with Gasteiger partial charge in [0.25, 0.3) is 5.91 Å². The van der Waals surface area contributed by atoms with Gasteiger partial charge in [-0.15, -0.1) is 10.2 Å². The second-order valence-electron chi connectivity index (χ2n) is 7.14. The van der Waals surface area contributed by atoms with Gasteiger partial charge in [0.15, 0.2) is 11.0 Å². The lowest BCUT2D eigenvalue weighted by Crippen LogP contribution is -2.42. The molecule has 4 aromatic rings. The standard InChI is InChI=1S/C24H20ClN5O2S/c1-16-6-5-9-20(14-16)30-22(17-10-12-19(25)13-11-17)27-29-24(30)33-15-21(31)26-28-23(32)18-7-3-2-4-8-18/h2-14H,15H2,1H3,(H,26,31)(H,28,32). The topological polar surface area (TPSA) is 88.9 Å². The molecule has 33 heavy (non-hydrogen) atoms. The lowest BCUT2D eigenvalue weighted by atomic mass is 10.2. The molecule has 0 atom stereocenters. The van der Waals surface area contributed by atoms with E-state index >= 15 is 0 Å². The van der Waals surface area contributed by atoms with E-state index in [1.54, 1.807) is 36.4 Å². The summed E-state index contributed by atoms with van der Waals surface area (Å²) in [5.74, 6) is -0.0739. The molecular formula is C24H20ClN5O2S. The van der Waals surface area contributed by atoms with E-state index < -0.39 is 0 Å². The quantitative estimate of drug-likeness (QED) is 0.316. The van der Waals surface area contributed by atoms with Crippen LogP contribution >= 0.6 is 23.4 Å². The molecule has 0 saturated heterocycles. The number of aromatic nitrogens is 3. The van der Waals surface area contributed by atoms with Crippen LogP contribution in [0.2, 0.25) is 5.02 Å². The Kier molecular flexibility index (Phi) is 7.07. The van der Waals surface area contributed by atoms with Crippen LogP contribution in [0.15, 0.2) is 84.0 Å². The fourth-order valence-electron chi connectivity index (χ4n) is 3.10. The molecule has 1 heterocycles. The summed E-state index contributed by atoms with van der Waals surface area (Å²) >= 11 is 7.26. The van der Waals surface area contributed by atoms with Crippen molar-refractivity contribution in [2.24, 2.45) is 0 Å². The van der Waals surface area contributed by atoms with Crippen LogP contribution in [0.1, 0.15) is 15.9 Å². The third-order valence-corrected chi connectivity index (χ3v) is 5.86. The van der Waals surface area contributed by atoms with Crippen LogP contribution in [0.5, 0.6) is 0 Å². The maximum atomic E-state index is 12.3. The highest BCUT2D eigenvalue weighted by molar-refractivity contribution is 7.99. The van der Waals surface area contributed by atoms with Gasteiger partial charge in [0.2, 0.25) is 5.91 Å². The van der Waals surface area contributed by atoms with E-state index in [1.165, 1.54) is 11.8 Å². The van der Waals surface area contributed by atoms with Gasteiger partial charge in [-0.1, -0.05) is 53.7 Å². The number of nitrogens with zero attached hydrogens (tertiary/aromatic N) is 3. The zero-order chi connectivity index (χ0) is 23.2. The molecule has 0 fully saturated rings. The summed E-state index contributed by atoms with van der Waals surface area (Å²) in [6.07, 6.45) is 0. The molecule has 3 aromatic carbocycles. The molecule has 0 aliphatic rings. The second kappa shape index (κ2) is 10.3. The number of hydrogen-bond acceptors (Lipinski definition) is 5. The summed E-state index contributed by atoms with van der Waals surface area (Å²) in [5, 5.41) is 9.85. The molecule has 0 radical (unpaired) electrons. The van der Waals surface area contributed by atoms with Crippen LogP contribution in [0.25, 0.3) is 17.1 Å². The number of carbonyl (C=O) groups is 2. The van der Waals surface area contributed by atoms with Gasteiger partial charge in [-0.05, 0) is 61.0 Å². The summed E-state index contributed by atoms with van der Waals surface area (Å²) < 4.78 is 1.90. The zero-order valence-electron chi connectivity index (χ0n) is 17.7. The molecule has 7 nitrogen and oxygen atoms in total. The minimum Gasteiger partial charge on any atom is -0.272 e. The molecule has 0 aliphatic heterocycles. The predicted molar refractivity (Wildman–Crippen MR) is 129 cm³/mol. The number of benzene rings is 3. The van der Waals surface area contributed by atoms with Gasteiger partial charge < -0.3 is 0 Å². The van der Waals surface area contributed by atoms with E-state index in [9.17, 15) is 9.59 Å². The molecule has 166 valence electrons. The molecule has 0 bridgehead atoms. The number of carbonyl (C=O) groups excluding carboxylic acids is 2. The lowest BCUT2D eigenvalue weighted by Gasteiger charge is -2.11. The van der Waals surface area contributed by atoms with E-state index in [0.717, 1.165) is 16.8 Å². The Hall–Kier alpha value is -3.62. The van der Waals surface area contributed by atoms with Crippen LogP contribution in [0.3, 0.4) is 0 Å². The van der Waals surface area contributed by atoms with Gasteiger partial charge in [-0.3, -0.25) is 25.0 Å². The third kappa shape index (κ3) is 5.60. The van der Waals surface area contributed by atoms with E-state index in [0.29, 0.717) is 21.6 Å². The van der Waals surface area contributed by atoms with Crippen molar-refractivity contribution in [2.45, 2.75) is 12.1 Å².